The average molecular weight is 242 g/mol. The van der Waals surface area contributed by atoms with Crippen molar-refractivity contribution in [2.45, 2.75) is 0 Å². The van der Waals surface area contributed by atoms with Crippen molar-refractivity contribution in [3.05, 3.63) is 27.2 Å². The SMILES string of the molecule is Nc1c(F)cc(F)c(Br)c1Cl. The Morgan fingerprint density at radius 3 is 2.45 bits per heavy atom. The molecule has 5 heteroatoms. The molecular weight excluding hydrogens is 239 g/mol. The molecule has 1 rings (SSSR count). The lowest BCUT2D eigenvalue weighted by Gasteiger charge is -2.02. The maximum Gasteiger partial charge on any atom is 0.150 e. The van der Waals surface area contributed by atoms with Crippen molar-refractivity contribution < 1.29 is 8.78 Å². The average Bonchev–Trinajstić information content (AvgIpc) is 1.97. The maximum absolute atomic E-state index is 12.6. The highest BCUT2D eigenvalue weighted by Gasteiger charge is 2.12. The second-order valence-electron chi connectivity index (χ2n) is 1.88. The maximum atomic E-state index is 12.6. The molecule has 1 aromatic rings. The molecule has 0 heterocycles. The van der Waals surface area contributed by atoms with Crippen LogP contribution in [0.15, 0.2) is 10.5 Å². The Morgan fingerprint density at radius 1 is 1.36 bits per heavy atom. The van der Waals surface area contributed by atoms with E-state index in [-0.39, 0.29) is 15.2 Å². The van der Waals surface area contributed by atoms with Crippen LogP contribution in [0.2, 0.25) is 5.02 Å². The second-order valence-corrected chi connectivity index (χ2v) is 3.05. The highest BCUT2D eigenvalue weighted by Crippen LogP contribution is 2.32. The van der Waals surface area contributed by atoms with Crippen molar-refractivity contribution >= 4 is 33.2 Å². The summed E-state index contributed by atoms with van der Waals surface area (Å²) < 4.78 is 25.1. The van der Waals surface area contributed by atoms with Gasteiger partial charge in [-0.1, -0.05) is 11.6 Å². The standard InChI is InChI=1S/C6H3BrClF2N/c7-4-2(9)1-3(10)6(11)5(4)8/h1H,11H2. The molecule has 0 aliphatic rings. The summed E-state index contributed by atoms with van der Waals surface area (Å²) in [6.45, 7) is 0. The van der Waals surface area contributed by atoms with Crippen LogP contribution < -0.4 is 5.73 Å². The van der Waals surface area contributed by atoms with Crippen molar-refractivity contribution in [3.8, 4) is 0 Å². The van der Waals surface area contributed by atoms with Gasteiger partial charge in [0.1, 0.15) is 5.82 Å². The minimum Gasteiger partial charge on any atom is -0.395 e. The summed E-state index contributed by atoms with van der Waals surface area (Å²) in [5, 5.41) is -0.137. The van der Waals surface area contributed by atoms with Gasteiger partial charge in [0.2, 0.25) is 0 Å². The molecule has 0 bridgehead atoms. The Morgan fingerprint density at radius 2 is 1.91 bits per heavy atom. The number of hydrogen-bond donors (Lipinski definition) is 1. The molecule has 60 valence electrons. The van der Waals surface area contributed by atoms with Crippen LogP contribution in [0, 0.1) is 11.6 Å². The molecule has 0 unspecified atom stereocenters. The molecule has 1 aromatic carbocycles. The molecule has 11 heavy (non-hydrogen) atoms. The van der Waals surface area contributed by atoms with Gasteiger partial charge in [-0.2, -0.15) is 0 Å². The van der Waals surface area contributed by atoms with Gasteiger partial charge in [-0.05, 0) is 15.9 Å². The Kier molecular flexibility index (Phi) is 2.34. The second kappa shape index (κ2) is 2.95. The summed E-state index contributed by atoms with van der Waals surface area (Å²) in [5.41, 5.74) is 4.90. The molecule has 1 nitrogen and oxygen atoms in total. The van der Waals surface area contributed by atoms with Gasteiger partial charge in [0.15, 0.2) is 5.82 Å². The number of hydrogen-bond acceptors (Lipinski definition) is 1. The molecule has 0 spiro atoms. The molecule has 0 aliphatic heterocycles. The third-order valence-electron chi connectivity index (χ3n) is 1.15. The molecule has 0 saturated heterocycles. The summed E-state index contributed by atoms with van der Waals surface area (Å²) in [6, 6.07) is 0.672. The van der Waals surface area contributed by atoms with Crippen LogP contribution in [0.3, 0.4) is 0 Å². The summed E-state index contributed by atoms with van der Waals surface area (Å²) in [5.74, 6) is -1.61. The van der Waals surface area contributed by atoms with Gasteiger partial charge in [0.05, 0.1) is 15.2 Å². The van der Waals surface area contributed by atoms with Crippen LogP contribution in [0.25, 0.3) is 0 Å². The molecule has 0 fully saturated rings. The van der Waals surface area contributed by atoms with E-state index in [0.29, 0.717) is 6.07 Å². The highest BCUT2D eigenvalue weighted by atomic mass is 79.9. The highest BCUT2D eigenvalue weighted by molar-refractivity contribution is 9.10. The number of anilines is 1. The van der Waals surface area contributed by atoms with Crippen molar-refractivity contribution in [1.29, 1.82) is 0 Å². The van der Waals surface area contributed by atoms with Crippen LogP contribution in [0.5, 0.6) is 0 Å². The Hall–Kier alpha value is -0.350. The van der Waals surface area contributed by atoms with Crippen LogP contribution in [-0.2, 0) is 0 Å². The largest absolute Gasteiger partial charge is 0.395 e. The molecule has 0 saturated carbocycles. The van der Waals surface area contributed by atoms with Crippen molar-refractivity contribution in [3.63, 3.8) is 0 Å². The lowest BCUT2D eigenvalue weighted by molar-refractivity contribution is 0.582. The van der Waals surface area contributed by atoms with E-state index < -0.39 is 11.6 Å². The predicted octanol–water partition coefficient (Wildman–Crippen LogP) is 2.96. The van der Waals surface area contributed by atoms with E-state index in [1.807, 2.05) is 0 Å². The Bertz CT molecular complexity index is 277. The van der Waals surface area contributed by atoms with Crippen molar-refractivity contribution in [2.75, 3.05) is 5.73 Å². The molecule has 0 atom stereocenters. The summed E-state index contributed by atoms with van der Waals surface area (Å²) in [7, 11) is 0. The normalized spacial score (nSPS) is 10.2. The number of halogens is 4. The first-order valence-corrected chi connectivity index (χ1v) is 3.79. The van der Waals surface area contributed by atoms with Gasteiger partial charge in [0.25, 0.3) is 0 Å². The lowest BCUT2D eigenvalue weighted by atomic mass is 10.3. The van der Waals surface area contributed by atoms with E-state index in [0.717, 1.165) is 0 Å². The van der Waals surface area contributed by atoms with Crippen LogP contribution in [0.1, 0.15) is 0 Å². The minimum absolute atomic E-state index is 0.0157. The van der Waals surface area contributed by atoms with Crippen LogP contribution >= 0.6 is 27.5 Å². The van der Waals surface area contributed by atoms with E-state index in [2.05, 4.69) is 15.9 Å². The summed E-state index contributed by atoms with van der Waals surface area (Å²) in [4.78, 5) is 0. The fourth-order valence-electron chi connectivity index (χ4n) is 0.580. The molecule has 0 aromatic heterocycles. The smallest absolute Gasteiger partial charge is 0.150 e. The summed E-state index contributed by atoms with van der Waals surface area (Å²) in [6.07, 6.45) is 0. The zero-order valence-corrected chi connectivity index (χ0v) is 7.51. The number of rotatable bonds is 0. The van der Waals surface area contributed by atoms with E-state index >= 15 is 0 Å². The minimum atomic E-state index is -0.851. The lowest BCUT2D eigenvalue weighted by Crippen LogP contribution is -1.94. The molecule has 0 radical (unpaired) electrons. The number of nitrogen functional groups attached to an aromatic ring is 1. The van der Waals surface area contributed by atoms with Gasteiger partial charge >= 0.3 is 0 Å². The Labute approximate surface area is 75.3 Å². The van der Waals surface area contributed by atoms with Gasteiger partial charge in [-0.15, -0.1) is 0 Å². The van der Waals surface area contributed by atoms with Gasteiger partial charge in [0, 0.05) is 6.07 Å². The van der Waals surface area contributed by atoms with Crippen molar-refractivity contribution in [2.24, 2.45) is 0 Å². The zero-order chi connectivity index (χ0) is 8.59. The fraction of sp³-hybridized carbons (Fsp3) is 0. The fourth-order valence-corrected chi connectivity index (χ4v) is 1.09. The van der Waals surface area contributed by atoms with E-state index in [4.69, 9.17) is 17.3 Å². The Balaban J connectivity index is 3.46. The first-order chi connectivity index (χ1) is 5.04. The molecule has 0 amide bonds. The quantitative estimate of drug-likeness (QED) is 0.422. The van der Waals surface area contributed by atoms with Crippen LogP contribution in [-0.4, -0.2) is 0 Å². The monoisotopic (exact) mass is 241 g/mol. The van der Waals surface area contributed by atoms with Crippen LogP contribution in [0.4, 0.5) is 14.5 Å². The van der Waals surface area contributed by atoms with E-state index in [1.165, 1.54) is 0 Å². The molecule has 2 N–H and O–H groups in total. The number of nitrogens with two attached hydrogens (primary N) is 1. The summed E-state index contributed by atoms with van der Waals surface area (Å²) >= 11 is 8.25. The molecule has 0 aliphatic carbocycles. The van der Waals surface area contributed by atoms with E-state index in [1.54, 1.807) is 0 Å². The first-order valence-electron chi connectivity index (χ1n) is 2.62. The topological polar surface area (TPSA) is 26.0 Å². The van der Waals surface area contributed by atoms with E-state index in [9.17, 15) is 8.78 Å². The predicted molar refractivity (Wildman–Crippen MR) is 43.5 cm³/mol. The number of benzene rings is 1. The van der Waals surface area contributed by atoms with Gasteiger partial charge in [-0.3, -0.25) is 0 Å². The third-order valence-corrected chi connectivity index (χ3v) is 2.55. The van der Waals surface area contributed by atoms with Gasteiger partial charge in [-0.25, -0.2) is 8.78 Å². The van der Waals surface area contributed by atoms with Gasteiger partial charge < -0.3 is 5.73 Å². The third kappa shape index (κ3) is 1.46. The molecular formula is C6H3BrClF2N. The first kappa shape index (κ1) is 8.74. The van der Waals surface area contributed by atoms with Crippen molar-refractivity contribution in [1.82, 2.24) is 0 Å². The zero-order valence-electron chi connectivity index (χ0n) is 5.17.